The fraction of sp³-hybridized carbons (Fsp3) is 0.273. The van der Waals surface area contributed by atoms with Crippen LogP contribution in [0.15, 0.2) is 53.4 Å². The number of imide groups is 1. The number of benzene rings is 2. The maximum absolute atomic E-state index is 12.7. The summed E-state index contributed by atoms with van der Waals surface area (Å²) in [6.07, 6.45) is 3.88. The molecular formula is C22H23NO3S. The smallest absolute Gasteiger partial charge is 0.293 e. The second-order valence-corrected chi connectivity index (χ2v) is 7.46. The molecule has 0 aromatic heterocycles. The van der Waals surface area contributed by atoms with E-state index in [4.69, 9.17) is 4.74 Å². The number of rotatable bonds is 7. The number of nitrogens with zero attached hydrogens (tertiary/aromatic N) is 1. The standard InChI is InChI=1S/C22H23NO3S/c1-3-4-13-26-19-11-9-17(10-12-19)14-20-21(24)23(22(25)27-20)15-18-8-6-5-7-16(18)2/h5-12,14H,3-4,13,15H2,1-2H3/b20-14-. The van der Waals surface area contributed by atoms with Crippen LogP contribution in [-0.2, 0) is 11.3 Å². The molecule has 1 aliphatic rings. The number of thioether (sulfide) groups is 1. The van der Waals surface area contributed by atoms with Crippen LogP contribution in [0.4, 0.5) is 4.79 Å². The van der Waals surface area contributed by atoms with Crippen molar-refractivity contribution >= 4 is 29.0 Å². The fourth-order valence-corrected chi connectivity index (χ4v) is 3.58. The Labute approximate surface area is 164 Å². The zero-order valence-corrected chi connectivity index (χ0v) is 16.4. The van der Waals surface area contributed by atoms with E-state index in [0.717, 1.165) is 47.0 Å². The molecule has 0 unspecified atom stereocenters. The minimum Gasteiger partial charge on any atom is -0.494 e. The topological polar surface area (TPSA) is 46.6 Å². The zero-order valence-electron chi connectivity index (χ0n) is 15.6. The lowest BCUT2D eigenvalue weighted by atomic mass is 10.1. The summed E-state index contributed by atoms with van der Waals surface area (Å²) in [6.45, 7) is 5.11. The highest BCUT2D eigenvalue weighted by atomic mass is 32.2. The lowest BCUT2D eigenvalue weighted by molar-refractivity contribution is -0.123. The molecular weight excluding hydrogens is 358 g/mol. The number of hydrogen-bond acceptors (Lipinski definition) is 4. The summed E-state index contributed by atoms with van der Waals surface area (Å²) in [6, 6.07) is 15.4. The summed E-state index contributed by atoms with van der Waals surface area (Å²) < 4.78 is 5.65. The van der Waals surface area contributed by atoms with Crippen LogP contribution < -0.4 is 4.74 Å². The van der Waals surface area contributed by atoms with Gasteiger partial charge in [0, 0.05) is 0 Å². The molecule has 4 nitrogen and oxygen atoms in total. The van der Waals surface area contributed by atoms with E-state index in [0.29, 0.717) is 18.1 Å². The van der Waals surface area contributed by atoms with Gasteiger partial charge >= 0.3 is 0 Å². The van der Waals surface area contributed by atoms with Crippen LogP contribution >= 0.6 is 11.8 Å². The number of carbonyl (C=O) groups is 2. The van der Waals surface area contributed by atoms with Crippen molar-refractivity contribution in [1.29, 1.82) is 0 Å². The van der Waals surface area contributed by atoms with E-state index in [9.17, 15) is 9.59 Å². The van der Waals surface area contributed by atoms with Crippen molar-refractivity contribution < 1.29 is 14.3 Å². The van der Waals surface area contributed by atoms with Crippen LogP contribution in [0.2, 0.25) is 0 Å². The van der Waals surface area contributed by atoms with Crippen LogP contribution in [0.1, 0.15) is 36.5 Å². The molecule has 1 heterocycles. The first-order valence-electron chi connectivity index (χ1n) is 9.11. The van der Waals surface area contributed by atoms with Gasteiger partial charge in [0.2, 0.25) is 0 Å². The summed E-state index contributed by atoms with van der Waals surface area (Å²) in [7, 11) is 0. The predicted octanol–water partition coefficient (Wildman–Crippen LogP) is 5.41. The van der Waals surface area contributed by atoms with Gasteiger partial charge in [0.05, 0.1) is 18.1 Å². The number of aryl methyl sites for hydroxylation is 1. The first-order valence-corrected chi connectivity index (χ1v) is 9.93. The van der Waals surface area contributed by atoms with E-state index in [2.05, 4.69) is 6.92 Å². The average molecular weight is 381 g/mol. The molecule has 0 aliphatic carbocycles. The predicted molar refractivity (Wildman–Crippen MR) is 110 cm³/mol. The van der Waals surface area contributed by atoms with Gasteiger partial charge in [0.25, 0.3) is 11.1 Å². The zero-order chi connectivity index (χ0) is 19.2. The van der Waals surface area contributed by atoms with Crippen molar-refractivity contribution in [2.75, 3.05) is 6.61 Å². The Bertz CT molecular complexity index is 858. The van der Waals surface area contributed by atoms with Gasteiger partial charge in [-0.2, -0.15) is 0 Å². The van der Waals surface area contributed by atoms with Crippen LogP contribution in [0.25, 0.3) is 6.08 Å². The molecule has 0 bridgehead atoms. The van der Waals surface area contributed by atoms with Crippen LogP contribution in [0.3, 0.4) is 0 Å². The molecule has 0 spiro atoms. The summed E-state index contributed by atoms with van der Waals surface area (Å²) in [5.74, 6) is 0.574. The Kier molecular flexibility index (Phi) is 6.35. The molecule has 2 aromatic carbocycles. The average Bonchev–Trinajstić information content (AvgIpc) is 2.92. The largest absolute Gasteiger partial charge is 0.494 e. The van der Waals surface area contributed by atoms with Gasteiger partial charge in [-0.3, -0.25) is 14.5 Å². The van der Waals surface area contributed by atoms with Gasteiger partial charge in [-0.25, -0.2) is 0 Å². The van der Waals surface area contributed by atoms with E-state index in [1.54, 1.807) is 6.08 Å². The Morgan fingerprint density at radius 1 is 1.07 bits per heavy atom. The maximum Gasteiger partial charge on any atom is 0.293 e. The Morgan fingerprint density at radius 2 is 1.81 bits per heavy atom. The van der Waals surface area contributed by atoms with Gasteiger partial charge in [0.1, 0.15) is 5.75 Å². The maximum atomic E-state index is 12.7. The molecule has 5 heteroatoms. The van der Waals surface area contributed by atoms with E-state index in [1.807, 2.05) is 55.5 Å². The van der Waals surface area contributed by atoms with Crippen molar-refractivity contribution in [1.82, 2.24) is 4.90 Å². The number of hydrogen-bond donors (Lipinski definition) is 0. The number of ether oxygens (including phenoxy) is 1. The third-order valence-corrected chi connectivity index (χ3v) is 5.32. The van der Waals surface area contributed by atoms with E-state index in [1.165, 1.54) is 4.90 Å². The van der Waals surface area contributed by atoms with Gasteiger partial charge in [-0.1, -0.05) is 49.7 Å². The second kappa shape index (κ2) is 8.91. The molecule has 0 N–H and O–H groups in total. The third-order valence-electron chi connectivity index (χ3n) is 4.41. The monoisotopic (exact) mass is 381 g/mol. The molecule has 1 aliphatic heterocycles. The first-order chi connectivity index (χ1) is 13.1. The molecule has 0 radical (unpaired) electrons. The number of carbonyl (C=O) groups excluding carboxylic acids is 2. The minimum atomic E-state index is -0.239. The highest BCUT2D eigenvalue weighted by Crippen LogP contribution is 2.33. The quantitative estimate of drug-likeness (QED) is 0.475. The summed E-state index contributed by atoms with van der Waals surface area (Å²) in [5.41, 5.74) is 2.92. The van der Waals surface area contributed by atoms with Crippen molar-refractivity contribution in [3.63, 3.8) is 0 Å². The molecule has 0 saturated carbocycles. The first kappa shape index (κ1) is 19.2. The molecule has 1 saturated heterocycles. The van der Waals surface area contributed by atoms with Crippen molar-refractivity contribution in [2.45, 2.75) is 33.2 Å². The summed E-state index contributed by atoms with van der Waals surface area (Å²) >= 11 is 0.990. The number of unbranched alkanes of at least 4 members (excludes halogenated alkanes) is 1. The SMILES string of the molecule is CCCCOc1ccc(/C=C2\SC(=O)N(Cc3ccccc3C)C2=O)cc1. The van der Waals surface area contributed by atoms with Crippen molar-refractivity contribution in [2.24, 2.45) is 0 Å². The lowest BCUT2D eigenvalue weighted by Gasteiger charge is -2.14. The molecule has 2 amide bonds. The van der Waals surface area contributed by atoms with Crippen LogP contribution in [0, 0.1) is 6.92 Å². The Morgan fingerprint density at radius 3 is 2.52 bits per heavy atom. The van der Waals surface area contributed by atoms with Gasteiger partial charge in [-0.05, 0) is 60.0 Å². The summed E-state index contributed by atoms with van der Waals surface area (Å²) in [4.78, 5) is 26.7. The molecule has 27 heavy (non-hydrogen) atoms. The number of amides is 2. The second-order valence-electron chi connectivity index (χ2n) is 6.47. The van der Waals surface area contributed by atoms with Crippen LogP contribution in [-0.4, -0.2) is 22.7 Å². The third kappa shape index (κ3) is 4.80. The van der Waals surface area contributed by atoms with E-state index < -0.39 is 0 Å². The normalized spacial score (nSPS) is 15.6. The van der Waals surface area contributed by atoms with E-state index >= 15 is 0 Å². The van der Waals surface area contributed by atoms with Gasteiger partial charge in [0.15, 0.2) is 0 Å². The molecule has 1 fully saturated rings. The van der Waals surface area contributed by atoms with E-state index in [-0.39, 0.29) is 11.1 Å². The van der Waals surface area contributed by atoms with Crippen molar-refractivity contribution in [3.05, 3.63) is 70.1 Å². The highest BCUT2D eigenvalue weighted by Gasteiger charge is 2.35. The molecule has 0 atom stereocenters. The molecule has 2 aromatic rings. The Hall–Kier alpha value is -2.53. The van der Waals surface area contributed by atoms with Crippen LogP contribution in [0.5, 0.6) is 5.75 Å². The molecule has 140 valence electrons. The molecule has 3 rings (SSSR count). The van der Waals surface area contributed by atoms with Crippen molar-refractivity contribution in [3.8, 4) is 5.75 Å². The summed E-state index contributed by atoms with van der Waals surface area (Å²) in [5, 5.41) is -0.228. The lowest BCUT2D eigenvalue weighted by Crippen LogP contribution is -2.27. The Balaban J connectivity index is 1.69. The van der Waals surface area contributed by atoms with Gasteiger partial charge in [-0.15, -0.1) is 0 Å². The highest BCUT2D eigenvalue weighted by molar-refractivity contribution is 8.18. The minimum absolute atomic E-state index is 0.228. The fourth-order valence-electron chi connectivity index (χ4n) is 2.74. The van der Waals surface area contributed by atoms with Gasteiger partial charge < -0.3 is 4.74 Å².